The highest BCUT2D eigenvalue weighted by atomic mass is 127. The van der Waals surface area contributed by atoms with E-state index < -0.39 is 0 Å². The molecule has 3 rings (SSSR count). The summed E-state index contributed by atoms with van der Waals surface area (Å²) in [6, 6.07) is 10.6. The summed E-state index contributed by atoms with van der Waals surface area (Å²) < 4.78 is 5.24. The maximum absolute atomic E-state index is 4.47. The zero-order chi connectivity index (χ0) is 14.8. The molecule has 0 amide bonds. The summed E-state index contributed by atoms with van der Waals surface area (Å²) in [4.78, 5) is 0. The number of hydrogen-bond acceptors (Lipinski definition) is 2. The Bertz CT molecular complexity index is 740. The third-order valence-corrected chi connectivity index (χ3v) is 4.14. The van der Waals surface area contributed by atoms with Gasteiger partial charge in [-0.05, 0) is 60.2 Å². The Balaban J connectivity index is 1.83. The van der Waals surface area contributed by atoms with Crippen LogP contribution >= 0.6 is 22.6 Å². The molecule has 0 aliphatic heterocycles. The molecule has 5 heteroatoms. The first-order valence-corrected chi connectivity index (χ1v) is 8.05. The third-order valence-electron chi connectivity index (χ3n) is 3.42. The van der Waals surface area contributed by atoms with Gasteiger partial charge in [-0.25, -0.2) is 0 Å². The Hall–Kier alpha value is -1.63. The molecule has 1 aromatic carbocycles. The van der Waals surface area contributed by atoms with Gasteiger partial charge in [-0.1, -0.05) is 12.1 Å². The highest BCUT2D eigenvalue weighted by Crippen LogP contribution is 2.20. The Morgan fingerprint density at radius 3 is 2.62 bits per heavy atom. The molecule has 0 N–H and O–H groups in total. The van der Waals surface area contributed by atoms with Crippen LogP contribution in [0.5, 0.6) is 0 Å². The van der Waals surface area contributed by atoms with Crippen LogP contribution in [0.25, 0.3) is 11.1 Å². The predicted octanol–water partition coefficient (Wildman–Crippen LogP) is 3.73. The Kier molecular flexibility index (Phi) is 4.10. The van der Waals surface area contributed by atoms with E-state index in [0.717, 1.165) is 24.3 Å². The highest BCUT2D eigenvalue weighted by Gasteiger charge is 2.07. The molecule has 0 atom stereocenters. The van der Waals surface area contributed by atoms with Gasteiger partial charge in [0.05, 0.1) is 24.1 Å². The topological polar surface area (TPSA) is 35.6 Å². The van der Waals surface area contributed by atoms with E-state index in [0.29, 0.717) is 0 Å². The molecule has 0 saturated carbocycles. The van der Waals surface area contributed by atoms with Crippen molar-refractivity contribution in [1.29, 1.82) is 0 Å². The van der Waals surface area contributed by atoms with Crippen LogP contribution in [-0.2, 0) is 13.1 Å². The molecule has 0 bridgehead atoms. The smallest absolute Gasteiger partial charge is 0.0828 e. The van der Waals surface area contributed by atoms with Gasteiger partial charge in [-0.3, -0.25) is 9.36 Å². The van der Waals surface area contributed by atoms with Crippen molar-refractivity contribution in [2.45, 2.75) is 26.9 Å². The van der Waals surface area contributed by atoms with Gasteiger partial charge in [-0.2, -0.15) is 10.2 Å². The minimum atomic E-state index is 0.749. The number of rotatable bonds is 4. The van der Waals surface area contributed by atoms with Gasteiger partial charge in [0.2, 0.25) is 0 Å². The summed E-state index contributed by atoms with van der Waals surface area (Å²) in [7, 11) is 0. The summed E-state index contributed by atoms with van der Waals surface area (Å²) >= 11 is 2.32. The van der Waals surface area contributed by atoms with Crippen molar-refractivity contribution in [2.24, 2.45) is 0 Å². The molecule has 2 aromatic heterocycles. The molecule has 4 nitrogen and oxygen atoms in total. The molecule has 0 fully saturated rings. The fourth-order valence-electron chi connectivity index (χ4n) is 2.41. The predicted molar refractivity (Wildman–Crippen MR) is 92.1 cm³/mol. The van der Waals surface area contributed by atoms with E-state index in [1.165, 1.54) is 14.8 Å². The van der Waals surface area contributed by atoms with Crippen molar-refractivity contribution in [3.63, 3.8) is 0 Å². The van der Waals surface area contributed by atoms with Gasteiger partial charge < -0.3 is 0 Å². The molecule has 3 aromatic rings. The van der Waals surface area contributed by atoms with Gasteiger partial charge in [-0.15, -0.1) is 0 Å². The van der Waals surface area contributed by atoms with E-state index in [9.17, 15) is 0 Å². The summed E-state index contributed by atoms with van der Waals surface area (Å²) in [5.41, 5.74) is 4.58. The molecule has 0 spiro atoms. The lowest BCUT2D eigenvalue weighted by Gasteiger charge is -2.04. The first kappa shape index (κ1) is 14.3. The standard InChI is InChI=1S/C16H17IN4/c1-3-21-16(8-12(2)19-21)11-20-10-14(9-18-20)13-4-6-15(17)7-5-13/h4-10H,3,11H2,1-2H3. The van der Waals surface area contributed by atoms with Gasteiger partial charge >= 0.3 is 0 Å². The maximum atomic E-state index is 4.47. The molecule has 0 unspecified atom stereocenters. The lowest BCUT2D eigenvalue weighted by molar-refractivity contribution is 0.575. The molecule has 21 heavy (non-hydrogen) atoms. The molecule has 0 aliphatic carbocycles. The van der Waals surface area contributed by atoms with Crippen molar-refractivity contribution in [1.82, 2.24) is 19.6 Å². The third kappa shape index (κ3) is 3.18. The Morgan fingerprint density at radius 2 is 1.90 bits per heavy atom. The zero-order valence-corrected chi connectivity index (χ0v) is 14.3. The molecule has 108 valence electrons. The minimum absolute atomic E-state index is 0.749. The maximum Gasteiger partial charge on any atom is 0.0828 e. The first-order chi connectivity index (χ1) is 10.2. The van der Waals surface area contributed by atoms with Crippen LogP contribution in [-0.4, -0.2) is 19.6 Å². The first-order valence-electron chi connectivity index (χ1n) is 6.97. The molecular weight excluding hydrogens is 375 g/mol. The second kappa shape index (κ2) is 6.01. The van der Waals surface area contributed by atoms with Crippen molar-refractivity contribution in [3.8, 4) is 11.1 Å². The monoisotopic (exact) mass is 392 g/mol. The Morgan fingerprint density at radius 1 is 1.14 bits per heavy atom. The fourth-order valence-corrected chi connectivity index (χ4v) is 2.77. The van der Waals surface area contributed by atoms with Crippen LogP contribution < -0.4 is 0 Å². The summed E-state index contributed by atoms with van der Waals surface area (Å²) in [6.45, 7) is 5.76. The van der Waals surface area contributed by atoms with E-state index >= 15 is 0 Å². The number of aromatic nitrogens is 4. The van der Waals surface area contributed by atoms with Gasteiger partial charge in [0.25, 0.3) is 0 Å². The van der Waals surface area contributed by atoms with Crippen molar-refractivity contribution < 1.29 is 0 Å². The average Bonchev–Trinajstić information content (AvgIpc) is 3.07. The van der Waals surface area contributed by atoms with Crippen molar-refractivity contribution >= 4 is 22.6 Å². The van der Waals surface area contributed by atoms with Crippen LogP contribution in [0.1, 0.15) is 18.3 Å². The van der Waals surface area contributed by atoms with Gasteiger partial charge in [0, 0.05) is 21.9 Å². The molecule has 0 radical (unpaired) electrons. The van der Waals surface area contributed by atoms with Crippen LogP contribution in [0.2, 0.25) is 0 Å². The summed E-state index contributed by atoms with van der Waals surface area (Å²) in [5, 5.41) is 8.94. The van der Waals surface area contributed by atoms with E-state index in [1.54, 1.807) is 0 Å². The lowest BCUT2D eigenvalue weighted by atomic mass is 10.1. The highest BCUT2D eigenvalue weighted by molar-refractivity contribution is 14.1. The summed E-state index contributed by atoms with van der Waals surface area (Å²) in [5.74, 6) is 0. The zero-order valence-electron chi connectivity index (χ0n) is 12.1. The van der Waals surface area contributed by atoms with Crippen LogP contribution in [0.4, 0.5) is 0 Å². The lowest BCUT2D eigenvalue weighted by Crippen LogP contribution is -2.08. The second-order valence-electron chi connectivity index (χ2n) is 5.03. The van der Waals surface area contributed by atoms with Crippen LogP contribution in [0.3, 0.4) is 0 Å². The number of nitrogens with zero attached hydrogens (tertiary/aromatic N) is 4. The second-order valence-corrected chi connectivity index (χ2v) is 6.27. The molecule has 2 heterocycles. The average molecular weight is 392 g/mol. The molecular formula is C16H17IN4. The molecule has 0 aliphatic rings. The van der Waals surface area contributed by atoms with E-state index in [1.807, 2.05) is 22.5 Å². The summed E-state index contributed by atoms with van der Waals surface area (Å²) in [6.07, 6.45) is 4.01. The minimum Gasteiger partial charge on any atom is -0.268 e. The largest absolute Gasteiger partial charge is 0.268 e. The Labute approximate surface area is 137 Å². The SMILES string of the molecule is CCn1nc(C)cc1Cn1cc(-c2ccc(I)cc2)cn1. The number of halogens is 1. The van der Waals surface area contributed by atoms with Crippen LogP contribution in [0.15, 0.2) is 42.7 Å². The van der Waals surface area contributed by atoms with Gasteiger partial charge in [0.1, 0.15) is 0 Å². The number of aryl methyl sites for hydroxylation is 2. The number of benzene rings is 1. The van der Waals surface area contributed by atoms with E-state index in [4.69, 9.17) is 0 Å². The molecule has 0 saturated heterocycles. The normalized spacial score (nSPS) is 11.0. The number of hydrogen-bond donors (Lipinski definition) is 0. The van der Waals surface area contributed by atoms with E-state index in [-0.39, 0.29) is 0 Å². The van der Waals surface area contributed by atoms with Crippen molar-refractivity contribution in [3.05, 3.63) is 57.7 Å². The fraction of sp³-hybridized carbons (Fsp3) is 0.250. The van der Waals surface area contributed by atoms with Crippen molar-refractivity contribution in [2.75, 3.05) is 0 Å². The van der Waals surface area contributed by atoms with Gasteiger partial charge in [0.15, 0.2) is 0 Å². The van der Waals surface area contributed by atoms with Crippen LogP contribution in [0, 0.1) is 10.5 Å². The quantitative estimate of drug-likeness (QED) is 0.635. The van der Waals surface area contributed by atoms with E-state index in [2.05, 4.69) is 76.2 Å².